The van der Waals surface area contributed by atoms with Crippen molar-refractivity contribution in [2.75, 3.05) is 13.1 Å². The van der Waals surface area contributed by atoms with Gasteiger partial charge in [-0.05, 0) is 25.1 Å². The highest BCUT2D eigenvalue weighted by atomic mass is 16.4. The molecule has 4 nitrogen and oxygen atoms in total. The summed E-state index contributed by atoms with van der Waals surface area (Å²) < 4.78 is 0. The van der Waals surface area contributed by atoms with Crippen molar-refractivity contribution in [3.05, 3.63) is 29.6 Å². The van der Waals surface area contributed by atoms with Crippen LogP contribution in [0.25, 0.3) is 0 Å². The van der Waals surface area contributed by atoms with Gasteiger partial charge in [-0.1, -0.05) is 13.0 Å². The zero-order chi connectivity index (χ0) is 11.3. The van der Waals surface area contributed by atoms with Crippen molar-refractivity contribution in [2.24, 2.45) is 0 Å². The lowest BCUT2D eigenvalue weighted by Gasteiger charge is -2.18. The molecule has 4 heteroatoms. The summed E-state index contributed by atoms with van der Waals surface area (Å²) in [6.45, 7) is 5.29. The van der Waals surface area contributed by atoms with Gasteiger partial charge in [0.25, 0.3) is 0 Å². The molecule has 82 valence electrons. The Hall–Kier alpha value is -1.42. The van der Waals surface area contributed by atoms with Gasteiger partial charge in [0.1, 0.15) is 0 Å². The van der Waals surface area contributed by atoms with Crippen LogP contribution in [0.1, 0.15) is 18.2 Å². The number of rotatable bonds is 5. The number of aryl methyl sites for hydroxylation is 1. The second-order valence-corrected chi connectivity index (χ2v) is 3.46. The average molecular weight is 208 g/mol. The highest BCUT2D eigenvalue weighted by molar-refractivity contribution is 5.69. The van der Waals surface area contributed by atoms with Gasteiger partial charge in [0.2, 0.25) is 0 Å². The first-order valence-electron chi connectivity index (χ1n) is 4.98. The van der Waals surface area contributed by atoms with Gasteiger partial charge in [-0.3, -0.25) is 14.7 Å². The van der Waals surface area contributed by atoms with Gasteiger partial charge >= 0.3 is 5.97 Å². The summed E-state index contributed by atoms with van der Waals surface area (Å²) in [6, 6.07) is 3.86. The van der Waals surface area contributed by atoms with Gasteiger partial charge in [0.05, 0.1) is 12.2 Å². The van der Waals surface area contributed by atoms with Crippen LogP contribution in [0, 0.1) is 6.92 Å². The number of likely N-dealkylation sites (N-methyl/N-ethyl adjacent to an activating group) is 1. The molecule has 15 heavy (non-hydrogen) atoms. The van der Waals surface area contributed by atoms with Crippen molar-refractivity contribution in [3.63, 3.8) is 0 Å². The molecule has 1 aromatic rings. The molecule has 1 aromatic heterocycles. The molecule has 0 unspecified atom stereocenters. The third kappa shape index (κ3) is 3.67. The third-order valence-corrected chi connectivity index (χ3v) is 2.30. The van der Waals surface area contributed by atoms with Crippen LogP contribution < -0.4 is 0 Å². The molecule has 0 aromatic carbocycles. The highest BCUT2D eigenvalue weighted by Crippen LogP contribution is 2.06. The molecule has 0 spiro atoms. The van der Waals surface area contributed by atoms with Crippen LogP contribution in [0.2, 0.25) is 0 Å². The van der Waals surface area contributed by atoms with Crippen molar-refractivity contribution in [1.82, 2.24) is 9.88 Å². The Morgan fingerprint density at radius 1 is 1.60 bits per heavy atom. The molecule has 0 radical (unpaired) electrons. The number of pyridine rings is 1. The number of hydrogen-bond donors (Lipinski definition) is 1. The summed E-state index contributed by atoms with van der Waals surface area (Å²) in [6.07, 6.45) is 1.73. The summed E-state index contributed by atoms with van der Waals surface area (Å²) in [7, 11) is 0. The Morgan fingerprint density at radius 3 is 2.87 bits per heavy atom. The third-order valence-electron chi connectivity index (χ3n) is 2.30. The Kier molecular flexibility index (Phi) is 4.24. The van der Waals surface area contributed by atoms with Gasteiger partial charge in [0, 0.05) is 12.7 Å². The first kappa shape index (κ1) is 11.7. The average Bonchev–Trinajstić information content (AvgIpc) is 2.19. The number of carboxylic acid groups (broad SMARTS) is 1. The quantitative estimate of drug-likeness (QED) is 0.792. The molecule has 0 fully saturated rings. The number of nitrogens with zero attached hydrogens (tertiary/aromatic N) is 2. The fourth-order valence-corrected chi connectivity index (χ4v) is 1.37. The van der Waals surface area contributed by atoms with Crippen LogP contribution in [0.4, 0.5) is 0 Å². The van der Waals surface area contributed by atoms with E-state index >= 15 is 0 Å². The molecule has 0 aliphatic carbocycles. The van der Waals surface area contributed by atoms with Gasteiger partial charge in [-0.2, -0.15) is 0 Å². The molecule has 0 bridgehead atoms. The summed E-state index contributed by atoms with van der Waals surface area (Å²) in [5.74, 6) is -0.801. The lowest BCUT2D eigenvalue weighted by Crippen LogP contribution is -2.29. The zero-order valence-electron chi connectivity index (χ0n) is 9.10. The van der Waals surface area contributed by atoms with E-state index in [9.17, 15) is 4.79 Å². The Labute approximate surface area is 89.6 Å². The molecular weight excluding hydrogens is 192 g/mol. The number of aromatic nitrogens is 1. The number of carbonyl (C=O) groups is 1. The predicted octanol–water partition coefficient (Wildman–Crippen LogP) is 1.30. The molecule has 0 aliphatic heterocycles. The van der Waals surface area contributed by atoms with Crippen LogP contribution in [0.5, 0.6) is 0 Å². The van der Waals surface area contributed by atoms with Crippen molar-refractivity contribution >= 4 is 5.97 Å². The van der Waals surface area contributed by atoms with Crippen LogP contribution in [-0.4, -0.2) is 34.0 Å². The van der Waals surface area contributed by atoms with Crippen molar-refractivity contribution < 1.29 is 9.90 Å². The molecule has 1 heterocycles. The molecule has 0 amide bonds. The van der Waals surface area contributed by atoms with Crippen molar-refractivity contribution in [1.29, 1.82) is 0 Å². The van der Waals surface area contributed by atoms with E-state index in [-0.39, 0.29) is 6.54 Å². The van der Waals surface area contributed by atoms with Crippen LogP contribution in [-0.2, 0) is 11.3 Å². The lowest BCUT2D eigenvalue weighted by atomic mass is 10.2. The van der Waals surface area contributed by atoms with E-state index in [0.29, 0.717) is 13.1 Å². The van der Waals surface area contributed by atoms with E-state index < -0.39 is 5.97 Å². The molecular formula is C11H16N2O2. The van der Waals surface area contributed by atoms with Crippen LogP contribution in [0.15, 0.2) is 18.3 Å². The van der Waals surface area contributed by atoms with Gasteiger partial charge in [-0.25, -0.2) is 0 Å². The van der Waals surface area contributed by atoms with E-state index in [1.165, 1.54) is 0 Å². The van der Waals surface area contributed by atoms with E-state index in [0.717, 1.165) is 11.3 Å². The maximum atomic E-state index is 10.6. The molecule has 1 rings (SSSR count). The second kappa shape index (κ2) is 5.46. The molecule has 1 N–H and O–H groups in total. The van der Waals surface area contributed by atoms with Crippen molar-refractivity contribution in [3.8, 4) is 0 Å². The first-order chi connectivity index (χ1) is 7.13. The Morgan fingerprint density at radius 2 is 2.33 bits per heavy atom. The zero-order valence-corrected chi connectivity index (χ0v) is 9.10. The summed E-state index contributed by atoms with van der Waals surface area (Å²) >= 11 is 0. The van der Waals surface area contributed by atoms with Gasteiger partial charge in [-0.15, -0.1) is 0 Å². The minimum atomic E-state index is -0.801. The number of carboxylic acids is 1. The smallest absolute Gasteiger partial charge is 0.317 e. The maximum absolute atomic E-state index is 10.6. The summed E-state index contributed by atoms with van der Waals surface area (Å²) in [4.78, 5) is 16.7. The monoisotopic (exact) mass is 208 g/mol. The standard InChI is InChI=1S/C11H16N2O2/c1-3-13(8-11(14)15)7-10-9(2)5-4-6-12-10/h4-6H,3,7-8H2,1-2H3,(H,14,15). The second-order valence-electron chi connectivity index (χ2n) is 3.46. The Bertz CT molecular complexity index is 339. The van der Waals surface area contributed by atoms with Crippen LogP contribution >= 0.6 is 0 Å². The van der Waals surface area contributed by atoms with Gasteiger partial charge in [0.15, 0.2) is 0 Å². The van der Waals surface area contributed by atoms with E-state index in [1.54, 1.807) is 6.20 Å². The van der Waals surface area contributed by atoms with Crippen LogP contribution in [0.3, 0.4) is 0 Å². The topological polar surface area (TPSA) is 53.4 Å². The molecule has 0 aliphatic rings. The molecule has 0 saturated carbocycles. The SMILES string of the molecule is CCN(CC(=O)O)Cc1ncccc1C. The predicted molar refractivity (Wildman–Crippen MR) is 57.6 cm³/mol. The van der Waals surface area contributed by atoms with E-state index in [4.69, 9.17) is 5.11 Å². The minimum Gasteiger partial charge on any atom is -0.480 e. The molecule has 0 saturated heterocycles. The highest BCUT2D eigenvalue weighted by Gasteiger charge is 2.09. The summed E-state index contributed by atoms with van der Waals surface area (Å²) in [5.41, 5.74) is 2.04. The van der Waals surface area contributed by atoms with Gasteiger partial charge < -0.3 is 5.11 Å². The maximum Gasteiger partial charge on any atom is 0.317 e. The minimum absolute atomic E-state index is 0.0620. The normalized spacial score (nSPS) is 10.6. The van der Waals surface area contributed by atoms with E-state index in [2.05, 4.69) is 4.98 Å². The largest absolute Gasteiger partial charge is 0.480 e. The number of aliphatic carboxylic acids is 1. The number of hydrogen-bond acceptors (Lipinski definition) is 3. The lowest BCUT2D eigenvalue weighted by molar-refractivity contribution is -0.138. The summed E-state index contributed by atoms with van der Waals surface area (Å²) in [5, 5.41) is 8.70. The van der Waals surface area contributed by atoms with E-state index in [1.807, 2.05) is 30.9 Å². The molecule has 0 atom stereocenters. The fourth-order valence-electron chi connectivity index (χ4n) is 1.37. The Balaban J connectivity index is 2.66. The first-order valence-corrected chi connectivity index (χ1v) is 4.98. The van der Waals surface area contributed by atoms with Crippen molar-refractivity contribution in [2.45, 2.75) is 20.4 Å². The fraction of sp³-hybridized carbons (Fsp3) is 0.455.